The molecule has 0 atom stereocenters. The summed E-state index contributed by atoms with van der Waals surface area (Å²) in [6.07, 6.45) is 0. The normalized spacial score (nSPS) is 10.9. The average Bonchev–Trinajstić information content (AvgIpc) is 2.65. The van der Waals surface area contributed by atoms with Gasteiger partial charge in [0.2, 0.25) is 0 Å². The van der Waals surface area contributed by atoms with E-state index in [0.717, 1.165) is 50.1 Å². The van der Waals surface area contributed by atoms with E-state index in [0.29, 0.717) is 16.7 Å². The second-order valence-electron chi connectivity index (χ2n) is 9.68. The fourth-order valence-electron chi connectivity index (χ4n) is 5.30. The first-order chi connectivity index (χ1) is 15.8. The zero-order valence-corrected chi connectivity index (χ0v) is 24.5. The zero-order valence-electron chi connectivity index (χ0n) is 21.7. The van der Waals surface area contributed by atoms with Crippen molar-refractivity contribution in [2.45, 2.75) is 62.3 Å². The summed E-state index contributed by atoms with van der Waals surface area (Å²) in [5.74, 6) is 0. The van der Waals surface area contributed by atoms with Gasteiger partial charge >= 0.3 is 211 Å². The van der Waals surface area contributed by atoms with Gasteiger partial charge in [-0.15, -0.1) is 0 Å². The van der Waals surface area contributed by atoms with Gasteiger partial charge in [0.05, 0.1) is 0 Å². The van der Waals surface area contributed by atoms with Crippen molar-refractivity contribution in [1.29, 1.82) is 0 Å². The van der Waals surface area contributed by atoms with Gasteiger partial charge in [0.25, 0.3) is 0 Å². The van der Waals surface area contributed by atoms with Crippen molar-refractivity contribution in [2.75, 3.05) is 0 Å². The van der Waals surface area contributed by atoms with Gasteiger partial charge in [0.15, 0.2) is 0 Å². The summed E-state index contributed by atoms with van der Waals surface area (Å²) >= 11 is -4.12. The summed E-state index contributed by atoms with van der Waals surface area (Å²) in [4.78, 5) is 42.5. The van der Waals surface area contributed by atoms with Crippen LogP contribution in [0.25, 0.3) is 0 Å². The van der Waals surface area contributed by atoms with Gasteiger partial charge in [-0.3, -0.25) is 0 Å². The second-order valence-corrected chi connectivity index (χ2v) is 15.7. The van der Waals surface area contributed by atoms with Crippen LogP contribution in [-0.2, 0) is 0 Å². The molecule has 0 amide bonds. The molecule has 34 heavy (non-hydrogen) atoms. The summed E-state index contributed by atoms with van der Waals surface area (Å²) < 4.78 is -0.691. The summed E-state index contributed by atoms with van der Waals surface area (Å²) in [6.45, 7) is 17.3. The van der Waals surface area contributed by atoms with E-state index in [4.69, 9.17) is 0 Å². The molecule has 0 spiro atoms. The standard InChI is InChI=1S/3C10H11O.Sn/c3*1-7-4-8(2)10(6-11)9(3)5-7;/h3*4-5H,1-3H3;/q;;;-1. The molecule has 0 unspecified atom stereocenters. The molecule has 3 aromatic carbocycles. The van der Waals surface area contributed by atoms with Gasteiger partial charge in [-0.2, -0.15) is 0 Å². The Morgan fingerprint density at radius 1 is 0.412 bits per heavy atom. The van der Waals surface area contributed by atoms with Crippen molar-refractivity contribution in [3.63, 3.8) is 0 Å². The van der Waals surface area contributed by atoms with Gasteiger partial charge in [-0.05, 0) is 0 Å². The average molecular weight is 560 g/mol. The van der Waals surface area contributed by atoms with Crippen LogP contribution in [0.3, 0.4) is 0 Å². The van der Waals surface area contributed by atoms with Crippen LogP contribution in [-0.4, -0.2) is 31.2 Å². The minimum absolute atomic E-state index is 0.230. The van der Waals surface area contributed by atoms with Crippen LogP contribution >= 0.6 is 0 Å². The molecular weight excluding hydrogens is 527 g/mol. The fraction of sp³-hybridized carbons (Fsp3) is 0.300. The molecule has 0 saturated heterocycles. The Hall–Kier alpha value is -2.53. The van der Waals surface area contributed by atoms with E-state index < -0.39 is 19.8 Å². The van der Waals surface area contributed by atoms with Gasteiger partial charge in [0, 0.05) is 0 Å². The monoisotopic (exact) mass is 561 g/mol. The molecule has 0 heterocycles. The topological polar surface area (TPSA) is 51.2 Å². The van der Waals surface area contributed by atoms with Gasteiger partial charge in [-0.25, -0.2) is 0 Å². The maximum absolute atomic E-state index is 14.2. The minimum atomic E-state index is -4.12. The molecule has 3 rings (SSSR count). The molecule has 3 aromatic rings. The van der Waals surface area contributed by atoms with Crippen molar-refractivity contribution >= 4 is 31.2 Å². The molecular formula is C30H33O3Sn-. The Kier molecular flexibility index (Phi) is 7.66. The molecule has 0 aliphatic rings. The third kappa shape index (κ3) is 4.95. The molecule has 0 saturated carbocycles. The van der Waals surface area contributed by atoms with Crippen molar-refractivity contribution in [3.05, 3.63) is 103 Å². The number of benzene rings is 3. The van der Waals surface area contributed by atoms with Crippen molar-refractivity contribution < 1.29 is 14.4 Å². The van der Waals surface area contributed by atoms with E-state index >= 15 is 0 Å². The molecule has 0 aliphatic carbocycles. The van der Waals surface area contributed by atoms with Crippen LogP contribution in [0, 0.1) is 62.3 Å². The quantitative estimate of drug-likeness (QED) is 0.323. The SMILES string of the molecule is Cc1cc(C)c([C](=O)[Sn-]([C](=O)c2c(C)cc(C)cc2C)[C](=O)c2c(C)cc(C)cc2C)c(C)c1. The fourth-order valence-corrected chi connectivity index (χ4v) is 12.6. The molecule has 4 heteroatoms. The van der Waals surface area contributed by atoms with E-state index in [1.165, 1.54) is 0 Å². The predicted octanol–water partition coefficient (Wildman–Crippen LogP) is 6.52. The zero-order chi connectivity index (χ0) is 25.5. The molecule has 0 radical (unpaired) electrons. The first-order valence-corrected chi connectivity index (χ1v) is 15.9. The number of carbonyl (C=O) groups excluding carboxylic acids is 3. The number of hydrogen-bond acceptors (Lipinski definition) is 3. The first kappa shape index (κ1) is 26.1. The van der Waals surface area contributed by atoms with Crippen LogP contribution in [0.15, 0.2) is 36.4 Å². The van der Waals surface area contributed by atoms with Crippen molar-refractivity contribution in [1.82, 2.24) is 0 Å². The summed E-state index contributed by atoms with van der Waals surface area (Å²) in [6, 6.07) is 11.8. The predicted molar refractivity (Wildman–Crippen MR) is 141 cm³/mol. The van der Waals surface area contributed by atoms with Crippen LogP contribution in [0.5, 0.6) is 0 Å². The first-order valence-electron chi connectivity index (χ1n) is 11.6. The number of hydrogen-bond donors (Lipinski definition) is 0. The van der Waals surface area contributed by atoms with E-state index in [1.54, 1.807) is 0 Å². The van der Waals surface area contributed by atoms with E-state index in [1.807, 2.05) is 98.7 Å². The Balaban J connectivity index is 2.28. The molecule has 0 bridgehead atoms. The summed E-state index contributed by atoms with van der Waals surface area (Å²) in [7, 11) is 0. The Morgan fingerprint density at radius 3 is 0.765 bits per heavy atom. The molecule has 176 valence electrons. The molecule has 0 aliphatic heterocycles. The van der Waals surface area contributed by atoms with Gasteiger partial charge < -0.3 is 0 Å². The molecule has 0 aromatic heterocycles. The second kappa shape index (κ2) is 9.99. The Morgan fingerprint density at radius 2 is 0.588 bits per heavy atom. The Labute approximate surface area is 210 Å². The van der Waals surface area contributed by atoms with Crippen LogP contribution in [0.4, 0.5) is 0 Å². The third-order valence-corrected chi connectivity index (χ3v) is 12.4. The Bertz CT molecular complexity index is 1110. The van der Waals surface area contributed by atoms with Crippen LogP contribution < -0.4 is 0 Å². The van der Waals surface area contributed by atoms with Crippen LogP contribution in [0.2, 0.25) is 0 Å². The maximum atomic E-state index is 14.2. The van der Waals surface area contributed by atoms with Crippen molar-refractivity contribution in [2.24, 2.45) is 0 Å². The van der Waals surface area contributed by atoms with E-state index in [2.05, 4.69) is 0 Å². The summed E-state index contributed by atoms with van der Waals surface area (Å²) in [5.41, 5.74) is 9.80. The number of carbonyl (C=O) groups is 3. The van der Waals surface area contributed by atoms with E-state index in [-0.39, 0.29) is 11.4 Å². The molecule has 0 fully saturated rings. The van der Waals surface area contributed by atoms with Crippen molar-refractivity contribution in [3.8, 4) is 0 Å². The molecule has 3 nitrogen and oxygen atoms in total. The third-order valence-electron chi connectivity index (χ3n) is 6.39. The number of aryl methyl sites for hydroxylation is 9. The van der Waals surface area contributed by atoms with Gasteiger partial charge in [0.1, 0.15) is 0 Å². The van der Waals surface area contributed by atoms with E-state index in [9.17, 15) is 14.4 Å². The van der Waals surface area contributed by atoms with Gasteiger partial charge in [-0.1, -0.05) is 0 Å². The summed E-state index contributed by atoms with van der Waals surface area (Å²) in [5, 5.41) is 0. The van der Waals surface area contributed by atoms with Crippen LogP contribution in [0.1, 0.15) is 81.1 Å². The molecule has 0 N–H and O–H groups in total. The number of rotatable bonds is 6.